The monoisotopic (exact) mass is 260 g/mol. The molecule has 0 saturated heterocycles. The van der Waals surface area contributed by atoms with Gasteiger partial charge in [-0.15, -0.1) is 0 Å². The van der Waals surface area contributed by atoms with E-state index in [1.807, 2.05) is 6.92 Å². The number of ketones is 2. The highest BCUT2D eigenvalue weighted by Crippen LogP contribution is 2.30. The normalized spacial score (nSPS) is 13.4. The quantitative estimate of drug-likeness (QED) is 0.712. The number of hydrogen-bond acceptors (Lipinski definition) is 5. The van der Waals surface area contributed by atoms with E-state index in [9.17, 15) is 14.4 Å². The predicted molar refractivity (Wildman–Crippen MR) is 65.4 cm³/mol. The van der Waals surface area contributed by atoms with E-state index in [0.29, 0.717) is 22.6 Å². The number of nitrogens with zero attached hydrogens (tertiary/aromatic N) is 1. The van der Waals surface area contributed by atoms with E-state index < -0.39 is 0 Å². The number of aromatic amines is 1. The number of hydrogen-bond donors (Lipinski definition) is 1. The first kappa shape index (κ1) is 11.0. The third kappa shape index (κ3) is 1.32. The Bertz CT molecular complexity index is 742. The molecule has 6 heteroatoms. The lowest BCUT2D eigenvalue weighted by Crippen LogP contribution is -2.24. The molecule has 0 amide bonds. The van der Waals surface area contributed by atoms with Crippen LogP contribution in [0.1, 0.15) is 43.9 Å². The van der Waals surface area contributed by atoms with Crippen LogP contribution in [0.3, 0.4) is 0 Å². The zero-order valence-corrected chi connectivity index (χ0v) is 10.3. The molecule has 1 N–H and O–H groups in total. The van der Waals surface area contributed by atoms with Gasteiger partial charge in [-0.2, -0.15) is 4.37 Å². The summed E-state index contributed by atoms with van der Waals surface area (Å²) in [5.41, 5.74) is 0.901. The third-order valence-electron chi connectivity index (χ3n) is 2.92. The van der Waals surface area contributed by atoms with E-state index in [1.54, 1.807) is 0 Å². The number of aromatic nitrogens is 2. The zero-order valence-electron chi connectivity index (χ0n) is 9.44. The van der Waals surface area contributed by atoms with Crippen LogP contribution >= 0.6 is 11.5 Å². The highest BCUT2D eigenvalue weighted by Gasteiger charge is 2.34. The zero-order chi connectivity index (χ0) is 12.9. The molecule has 0 radical (unpaired) electrons. The average Bonchev–Trinajstić information content (AvgIpc) is 2.80. The van der Waals surface area contributed by atoms with Crippen LogP contribution in [0.25, 0.3) is 0 Å². The molecule has 0 saturated carbocycles. The lowest BCUT2D eigenvalue weighted by atomic mass is 9.91. The molecular formula is C12H8N2O3S. The number of aryl methyl sites for hydroxylation is 1. The highest BCUT2D eigenvalue weighted by atomic mass is 32.1. The van der Waals surface area contributed by atoms with Crippen molar-refractivity contribution >= 4 is 23.1 Å². The molecule has 0 spiro atoms. The second-order valence-electron chi connectivity index (χ2n) is 3.96. The van der Waals surface area contributed by atoms with Gasteiger partial charge in [0.1, 0.15) is 10.6 Å². The molecule has 2 aromatic heterocycles. The van der Waals surface area contributed by atoms with Gasteiger partial charge < -0.3 is 4.98 Å². The Kier molecular flexibility index (Phi) is 2.27. The fraction of sp³-hybridized carbons (Fsp3) is 0.167. The number of rotatable bonds is 1. The Morgan fingerprint density at radius 1 is 1.22 bits per heavy atom. The maximum absolute atomic E-state index is 12.3. The van der Waals surface area contributed by atoms with Crippen molar-refractivity contribution in [1.29, 1.82) is 0 Å². The first-order valence-electron chi connectivity index (χ1n) is 5.44. The summed E-state index contributed by atoms with van der Waals surface area (Å²) in [5, 5.41) is 0. The van der Waals surface area contributed by atoms with Crippen LogP contribution in [0.2, 0.25) is 0 Å². The topological polar surface area (TPSA) is 79.9 Å². The van der Waals surface area contributed by atoms with Crippen LogP contribution in [0.15, 0.2) is 16.9 Å². The van der Waals surface area contributed by atoms with Gasteiger partial charge in [-0.05, 0) is 24.0 Å². The highest BCUT2D eigenvalue weighted by molar-refractivity contribution is 7.09. The summed E-state index contributed by atoms with van der Waals surface area (Å²) >= 11 is 1.04. The van der Waals surface area contributed by atoms with Gasteiger partial charge in [0.15, 0.2) is 0 Å². The van der Waals surface area contributed by atoms with Crippen LogP contribution in [0, 0.1) is 0 Å². The number of fused-ring (bicyclic) bond motifs is 2. The van der Waals surface area contributed by atoms with E-state index in [-0.39, 0.29) is 28.4 Å². The first-order chi connectivity index (χ1) is 8.63. The molecule has 90 valence electrons. The maximum atomic E-state index is 12.3. The van der Waals surface area contributed by atoms with Gasteiger partial charge in [0.25, 0.3) is 0 Å². The predicted octanol–water partition coefficient (Wildman–Crippen LogP) is 1.17. The number of H-pyrrole nitrogens is 1. The standard InChI is InChI=1S/C12H8N2O3S/c1-2-6-8-11(17)9-5(3-4-7(15)13-9)10(16)12(8)18-14-6/h3-4H,2H2,1H3,(H,13,15). The number of pyridine rings is 1. The summed E-state index contributed by atoms with van der Waals surface area (Å²) in [7, 11) is 0. The third-order valence-corrected chi connectivity index (χ3v) is 3.81. The molecule has 0 aromatic carbocycles. The molecule has 1 aliphatic carbocycles. The van der Waals surface area contributed by atoms with E-state index >= 15 is 0 Å². The fourth-order valence-electron chi connectivity index (χ4n) is 2.04. The Labute approximate surface area is 106 Å². The minimum Gasteiger partial charge on any atom is -0.319 e. The Morgan fingerprint density at radius 3 is 2.72 bits per heavy atom. The molecule has 3 rings (SSSR count). The first-order valence-corrected chi connectivity index (χ1v) is 6.22. The molecule has 0 fully saturated rings. The summed E-state index contributed by atoms with van der Waals surface area (Å²) in [6, 6.07) is 2.64. The fourth-order valence-corrected chi connectivity index (χ4v) is 2.96. The second kappa shape index (κ2) is 3.71. The summed E-state index contributed by atoms with van der Waals surface area (Å²) < 4.78 is 4.13. The molecule has 5 nitrogen and oxygen atoms in total. The molecule has 2 aromatic rings. The molecule has 0 unspecified atom stereocenters. The van der Waals surface area contributed by atoms with E-state index in [4.69, 9.17) is 0 Å². The number of carbonyl (C=O) groups is 2. The van der Waals surface area contributed by atoms with Crippen LogP contribution < -0.4 is 5.56 Å². The SMILES string of the molecule is CCc1nsc2c1C(=O)c1[nH]c(=O)ccc1C2=O. The van der Waals surface area contributed by atoms with Crippen molar-refractivity contribution in [2.75, 3.05) is 0 Å². The van der Waals surface area contributed by atoms with Crippen molar-refractivity contribution < 1.29 is 9.59 Å². The molecule has 2 heterocycles. The van der Waals surface area contributed by atoms with Crippen molar-refractivity contribution in [3.63, 3.8) is 0 Å². The summed E-state index contributed by atoms with van der Waals surface area (Å²) in [6.07, 6.45) is 0.581. The van der Waals surface area contributed by atoms with Crippen LogP contribution in [-0.4, -0.2) is 20.9 Å². The van der Waals surface area contributed by atoms with E-state index in [0.717, 1.165) is 11.5 Å². The van der Waals surface area contributed by atoms with Gasteiger partial charge in [-0.25, -0.2) is 0 Å². The minimum atomic E-state index is -0.389. The molecule has 0 atom stereocenters. The Balaban J connectivity index is 2.34. The summed E-state index contributed by atoms with van der Waals surface area (Å²) in [5.74, 6) is -0.559. The Morgan fingerprint density at radius 2 is 2.00 bits per heavy atom. The van der Waals surface area contributed by atoms with Crippen LogP contribution in [0.5, 0.6) is 0 Å². The molecule has 0 bridgehead atoms. The van der Waals surface area contributed by atoms with Crippen LogP contribution in [-0.2, 0) is 6.42 Å². The van der Waals surface area contributed by atoms with Crippen molar-refractivity contribution in [1.82, 2.24) is 9.36 Å². The van der Waals surface area contributed by atoms with Gasteiger partial charge in [0, 0.05) is 6.07 Å². The van der Waals surface area contributed by atoms with E-state index in [1.165, 1.54) is 12.1 Å². The number of carbonyl (C=O) groups excluding carboxylic acids is 2. The van der Waals surface area contributed by atoms with Gasteiger partial charge in [-0.3, -0.25) is 14.4 Å². The summed E-state index contributed by atoms with van der Waals surface area (Å²) in [6.45, 7) is 1.87. The largest absolute Gasteiger partial charge is 0.319 e. The van der Waals surface area contributed by atoms with Crippen molar-refractivity contribution in [3.8, 4) is 0 Å². The molecular weight excluding hydrogens is 252 g/mol. The second-order valence-corrected chi connectivity index (χ2v) is 4.73. The average molecular weight is 260 g/mol. The van der Waals surface area contributed by atoms with Crippen molar-refractivity contribution in [3.05, 3.63) is 49.9 Å². The van der Waals surface area contributed by atoms with Gasteiger partial charge in [-0.1, -0.05) is 6.92 Å². The van der Waals surface area contributed by atoms with Gasteiger partial charge >= 0.3 is 0 Å². The van der Waals surface area contributed by atoms with Gasteiger partial charge in [0.05, 0.1) is 16.8 Å². The van der Waals surface area contributed by atoms with Crippen LogP contribution in [0.4, 0.5) is 0 Å². The van der Waals surface area contributed by atoms with Gasteiger partial charge in [0.2, 0.25) is 17.1 Å². The molecule has 0 aliphatic heterocycles. The summed E-state index contributed by atoms with van der Waals surface area (Å²) in [4.78, 5) is 38.6. The Hall–Kier alpha value is -2.08. The molecule has 18 heavy (non-hydrogen) atoms. The van der Waals surface area contributed by atoms with Crippen molar-refractivity contribution in [2.45, 2.75) is 13.3 Å². The van der Waals surface area contributed by atoms with E-state index in [2.05, 4.69) is 9.36 Å². The minimum absolute atomic E-state index is 0.0786. The maximum Gasteiger partial charge on any atom is 0.248 e. The lowest BCUT2D eigenvalue weighted by Gasteiger charge is -2.13. The smallest absolute Gasteiger partial charge is 0.248 e. The molecule has 1 aliphatic rings. The lowest BCUT2D eigenvalue weighted by molar-refractivity contribution is 0.0977. The van der Waals surface area contributed by atoms with Crippen molar-refractivity contribution in [2.24, 2.45) is 0 Å². The number of nitrogens with one attached hydrogen (secondary N) is 1.